The van der Waals surface area contributed by atoms with Gasteiger partial charge in [-0.1, -0.05) is 13.8 Å². The van der Waals surface area contributed by atoms with E-state index in [2.05, 4.69) is 20.9 Å². The van der Waals surface area contributed by atoms with Gasteiger partial charge in [0.15, 0.2) is 11.9 Å². The van der Waals surface area contributed by atoms with Crippen molar-refractivity contribution in [2.75, 3.05) is 0 Å². The van der Waals surface area contributed by atoms with E-state index < -0.39 is 35.5 Å². The maximum atomic E-state index is 13.0. The summed E-state index contributed by atoms with van der Waals surface area (Å²) in [5.74, 6) is -1.71. The highest BCUT2D eigenvalue weighted by Crippen LogP contribution is 2.29. The maximum absolute atomic E-state index is 13.0. The molecule has 2 heterocycles. The van der Waals surface area contributed by atoms with Crippen LogP contribution in [0.15, 0.2) is 48.8 Å². The molecule has 0 bridgehead atoms. The lowest BCUT2D eigenvalue weighted by atomic mass is 10.1. The molecule has 0 saturated carbocycles. The number of aromatic nitrogens is 3. The average molecular weight is 479 g/mol. The summed E-state index contributed by atoms with van der Waals surface area (Å²) in [7, 11) is 0. The topological polar surface area (TPSA) is 98.1 Å². The lowest BCUT2D eigenvalue weighted by Crippen LogP contribution is -2.47. The number of nitrogens with zero attached hydrogens (tertiary/aromatic N) is 3. The van der Waals surface area contributed by atoms with Gasteiger partial charge in [0.25, 0.3) is 11.8 Å². The van der Waals surface area contributed by atoms with Crippen LogP contribution in [-0.4, -0.2) is 32.7 Å². The van der Waals surface area contributed by atoms with Crippen LogP contribution in [0.2, 0.25) is 0 Å². The van der Waals surface area contributed by atoms with E-state index in [1.807, 2.05) is 0 Å². The number of amides is 2. The molecule has 180 valence electrons. The second kappa shape index (κ2) is 9.89. The van der Waals surface area contributed by atoms with Crippen molar-refractivity contribution in [3.05, 3.63) is 71.4 Å². The predicted molar refractivity (Wildman–Crippen MR) is 113 cm³/mol. The predicted octanol–water partition coefficient (Wildman–Crippen LogP) is 3.78. The summed E-state index contributed by atoms with van der Waals surface area (Å²) in [6, 6.07) is 7.10. The molecule has 1 atom stereocenters. The fourth-order valence-corrected chi connectivity index (χ4v) is 3.01. The summed E-state index contributed by atoms with van der Waals surface area (Å²) in [6.07, 6.45) is -3.62. The Balaban J connectivity index is 1.70. The number of hydrogen-bond donors (Lipinski definition) is 2. The molecular formula is C22H21F4N5O3. The molecule has 0 fully saturated rings. The van der Waals surface area contributed by atoms with Crippen molar-refractivity contribution in [1.82, 2.24) is 25.6 Å². The van der Waals surface area contributed by atoms with Gasteiger partial charge in [-0.15, -0.1) is 0 Å². The Morgan fingerprint density at radius 1 is 1.00 bits per heavy atom. The number of ether oxygens (including phenoxy) is 1. The molecule has 0 aliphatic carbocycles. The van der Waals surface area contributed by atoms with Gasteiger partial charge in [-0.25, -0.2) is 14.1 Å². The normalized spacial score (nSPS) is 12.4. The van der Waals surface area contributed by atoms with Gasteiger partial charge in [0.05, 0.1) is 23.0 Å². The molecule has 12 heteroatoms. The van der Waals surface area contributed by atoms with Gasteiger partial charge in [-0.3, -0.25) is 20.4 Å². The molecule has 3 aromatic rings. The molecule has 0 radical (unpaired) electrons. The van der Waals surface area contributed by atoms with Crippen LogP contribution in [0.4, 0.5) is 17.6 Å². The van der Waals surface area contributed by atoms with E-state index in [9.17, 15) is 27.2 Å². The summed E-state index contributed by atoms with van der Waals surface area (Å²) in [4.78, 5) is 28.8. The Labute approximate surface area is 191 Å². The zero-order valence-electron chi connectivity index (χ0n) is 18.4. The lowest BCUT2D eigenvalue weighted by Gasteiger charge is -2.16. The monoisotopic (exact) mass is 479 g/mol. The highest BCUT2D eigenvalue weighted by Gasteiger charge is 2.31. The van der Waals surface area contributed by atoms with Crippen molar-refractivity contribution in [1.29, 1.82) is 0 Å². The molecule has 3 rings (SSSR count). The highest BCUT2D eigenvalue weighted by atomic mass is 19.4. The van der Waals surface area contributed by atoms with E-state index in [4.69, 9.17) is 4.74 Å². The Hall–Kier alpha value is -3.96. The van der Waals surface area contributed by atoms with E-state index in [0.717, 1.165) is 12.1 Å². The van der Waals surface area contributed by atoms with Crippen LogP contribution in [0.25, 0.3) is 5.82 Å². The number of rotatable bonds is 6. The number of alkyl halides is 3. The third-order valence-electron chi connectivity index (χ3n) is 4.69. The van der Waals surface area contributed by atoms with Crippen LogP contribution < -0.4 is 15.6 Å². The van der Waals surface area contributed by atoms with Gasteiger partial charge < -0.3 is 4.74 Å². The smallest absolute Gasteiger partial charge is 0.417 e. The largest absolute Gasteiger partial charge is 0.481 e. The van der Waals surface area contributed by atoms with E-state index in [1.54, 1.807) is 13.8 Å². The number of halogens is 4. The van der Waals surface area contributed by atoms with E-state index in [1.165, 1.54) is 42.1 Å². The van der Waals surface area contributed by atoms with Crippen LogP contribution >= 0.6 is 0 Å². The number of carbonyl (C=O) groups is 2. The number of carbonyl (C=O) groups excluding carboxylic acids is 2. The van der Waals surface area contributed by atoms with Crippen molar-refractivity contribution >= 4 is 11.8 Å². The quantitative estimate of drug-likeness (QED) is 0.414. The molecule has 2 aromatic heterocycles. The summed E-state index contributed by atoms with van der Waals surface area (Å²) in [6.45, 7) is 4.98. The summed E-state index contributed by atoms with van der Waals surface area (Å²) >= 11 is 0. The highest BCUT2D eigenvalue weighted by molar-refractivity contribution is 5.96. The van der Waals surface area contributed by atoms with E-state index >= 15 is 0 Å². The molecular weight excluding hydrogens is 458 g/mol. The Morgan fingerprint density at radius 2 is 1.68 bits per heavy atom. The molecule has 34 heavy (non-hydrogen) atoms. The zero-order valence-corrected chi connectivity index (χ0v) is 18.4. The van der Waals surface area contributed by atoms with Crippen LogP contribution in [-0.2, 0) is 11.0 Å². The molecule has 0 unspecified atom stereocenters. The van der Waals surface area contributed by atoms with Gasteiger partial charge in [0, 0.05) is 6.20 Å². The first-order valence-corrected chi connectivity index (χ1v) is 10.1. The molecule has 1 aromatic carbocycles. The Morgan fingerprint density at radius 3 is 2.24 bits per heavy atom. The Kier molecular flexibility index (Phi) is 7.18. The number of nitrogens with one attached hydrogen (secondary N) is 2. The summed E-state index contributed by atoms with van der Waals surface area (Å²) in [5, 5.41) is 4.09. The van der Waals surface area contributed by atoms with Crippen molar-refractivity contribution < 1.29 is 31.9 Å². The second-order valence-electron chi connectivity index (χ2n) is 7.57. The van der Waals surface area contributed by atoms with Crippen LogP contribution in [0.5, 0.6) is 5.75 Å². The molecule has 8 nitrogen and oxygen atoms in total. The zero-order chi connectivity index (χ0) is 25.0. The molecule has 0 aliphatic heterocycles. The fourth-order valence-electron chi connectivity index (χ4n) is 3.01. The Bertz CT molecular complexity index is 1160. The SMILES string of the molecule is CC(C)c1c(C(=O)NNC(=O)[C@@H](C)Oc2ccc(F)cc2)cnn1-c1ccc(C(F)(F)F)cn1. The van der Waals surface area contributed by atoms with Gasteiger partial charge in [0.2, 0.25) is 0 Å². The van der Waals surface area contributed by atoms with Crippen molar-refractivity contribution in [2.45, 2.75) is 39.0 Å². The molecule has 2 amide bonds. The van der Waals surface area contributed by atoms with Crippen molar-refractivity contribution in [3.8, 4) is 11.6 Å². The fraction of sp³-hybridized carbons (Fsp3) is 0.273. The minimum atomic E-state index is -4.53. The van der Waals surface area contributed by atoms with E-state index in [-0.39, 0.29) is 23.0 Å². The second-order valence-corrected chi connectivity index (χ2v) is 7.57. The first-order chi connectivity index (χ1) is 16.0. The number of benzene rings is 1. The van der Waals surface area contributed by atoms with Gasteiger partial charge in [-0.2, -0.15) is 18.3 Å². The first kappa shape index (κ1) is 24.7. The van der Waals surface area contributed by atoms with E-state index in [0.29, 0.717) is 11.9 Å². The number of pyridine rings is 1. The number of hydrogen-bond acceptors (Lipinski definition) is 5. The summed E-state index contributed by atoms with van der Waals surface area (Å²) < 4.78 is 58.1. The van der Waals surface area contributed by atoms with Gasteiger partial charge >= 0.3 is 6.18 Å². The number of hydrazine groups is 1. The standard InChI is InChI=1S/C22H21F4N5O3/c1-12(2)19-17(11-28-31(19)18-9-4-14(10-27-18)22(24,25)26)21(33)30-29-20(32)13(3)34-16-7-5-15(23)6-8-16/h4-13H,1-3H3,(H,29,32)(H,30,33)/t13-/m1/s1. The average Bonchev–Trinajstić information content (AvgIpc) is 3.24. The molecule has 0 spiro atoms. The minimum Gasteiger partial charge on any atom is -0.481 e. The van der Waals surface area contributed by atoms with Crippen LogP contribution in [0, 0.1) is 5.82 Å². The molecule has 0 saturated heterocycles. The third kappa shape index (κ3) is 5.69. The molecule has 2 N–H and O–H groups in total. The van der Waals surface area contributed by atoms with Crippen LogP contribution in [0.3, 0.4) is 0 Å². The lowest BCUT2D eigenvalue weighted by molar-refractivity contribution is -0.137. The maximum Gasteiger partial charge on any atom is 0.417 e. The first-order valence-electron chi connectivity index (χ1n) is 10.1. The van der Waals surface area contributed by atoms with Crippen molar-refractivity contribution in [2.24, 2.45) is 0 Å². The summed E-state index contributed by atoms with van der Waals surface area (Å²) in [5.41, 5.74) is 4.07. The van der Waals surface area contributed by atoms with Crippen LogP contribution in [0.1, 0.15) is 48.3 Å². The minimum absolute atomic E-state index is 0.0982. The van der Waals surface area contributed by atoms with Gasteiger partial charge in [-0.05, 0) is 49.2 Å². The molecule has 0 aliphatic rings. The third-order valence-corrected chi connectivity index (χ3v) is 4.69. The van der Waals surface area contributed by atoms with Crippen molar-refractivity contribution in [3.63, 3.8) is 0 Å². The van der Waals surface area contributed by atoms with Gasteiger partial charge in [0.1, 0.15) is 11.6 Å².